The van der Waals surface area contributed by atoms with Crippen molar-refractivity contribution in [3.8, 4) is 5.75 Å². The molecule has 0 heterocycles. The summed E-state index contributed by atoms with van der Waals surface area (Å²) in [5.74, 6) is -0.219. The molecule has 0 aromatic heterocycles. The van der Waals surface area contributed by atoms with Crippen LogP contribution < -0.4 is 14.4 Å². The molecule has 1 unspecified atom stereocenters. The molecule has 0 aliphatic rings. The van der Waals surface area contributed by atoms with Gasteiger partial charge in [0.2, 0.25) is 21.8 Å². The summed E-state index contributed by atoms with van der Waals surface area (Å²) in [6, 6.07) is 13.3. The highest BCUT2D eigenvalue weighted by Gasteiger charge is 2.29. The molecule has 174 valence electrons. The van der Waals surface area contributed by atoms with E-state index in [0.29, 0.717) is 18.0 Å². The van der Waals surface area contributed by atoms with Crippen molar-refractivity contribution in [2.75, 3.05) is 30.8 Å². The summed E-state index contributed by atoms with van der Waals surface area (Å²) in [7, 11) is -2.26. The standard InChI is InChI=1S/C23H31N3O5S/c1-6-31-21-13-11-20(12-14-21)26(32(5,29)30)16-22(27)25(18(3)23(28)24-4)15-19-9-7-17(2)8-10-19/h7-14,18H,6,15-16H2,1-5H3,(H,24,28). The van der Waals surface area contributed by atoms with Gasteiger partial charge in [-0.05, 0) is 50.6 Å². The predicted octanol–water partition coefficient (Wildman–Crippen LogP) is 2.32. The van der Waals surface area contributed by atoms with Crippen molar-refractivity contribution in [2.45, 2.75) is 33.4 Å². The molecule has 2 amide bonds. The first-order valence-electron chi connectivity index (χ1n) is 10.3. The molecule has 0 aliphatic heterocycles. The van der Waals surface area contributed by atoms with Gasteiger partial charge in [0.15, 0.2) is 0 Å². The Morgan fingerprint density at radius 2 is 1.66 bits per heavy atom. The molecule has 1 N–H and O–H groups in total. The number of rotatable bonds is 10. The zero-order valence-electron chi connectivity index (χ0n) is 19.2. The molecule has 2 rings (SSSR count). The highest BCUT2D eigenvalue weighted by molar-refractivity contribution is 7.92. The van der Waals surface area contributed by atoms with E-state index in [2.05, 4.69) is 5.32 Å². The Labute approximate surface area is 190 Å². The van der Waals surface area contributed by atoms with Crippen LogP contribution in [0.1, 0.15) is 25.0 Å². The van der Waals surface area contributed by atoms with E-state index in [1.54, 1.807) is 31.2 Å². The zero-order valence-corrected chi connectivity index (χ0v) is 20.0. The largest absolute Gasteiger partial charge is 0.494 e. The summed E-state index contributed by atoms with van der Waals surface area (Å²) >= 11 is 0. The number of carbonyl (C=O) groups excluding carboxylic acids is 2. The third-order valence-electron chi connectivity index (χ3n) is 5.00. The Kier molecular flexibility index (Phi) is 8.65. The quantitative estimate of drug-likeness (QED) is 0.586. The first-order valence-corrected chi connectivity index (χ1v) is 12.2. The van der Waals surface area contributed by atoms with Crippen molar-refractivity contribution in [2.24, 2.45) is 0 Å². The Bertz CT molecular complexity index is 1020. The number of nitrogens with one attached hydrogen (secondary N) is 1. The second kappa shape index (κ2) is 11.0. The maximum absolute atomic E-state index is 13.3. The maximum Gasteiger partial charge on any atom is 0.244 e. The number of hydrogen-bond donors (Lipinski definition) is 1. The number of sulfonamides is 1. The Morgan fingerprint density at radius 3 is 2.16 bits per heavy atom. The summed E-state index contributed by atoms with van der Waals surface area (Å²) in [5, 5.41) is 2.55. The molecule has 2 aromatic rings. The van der Waals surface area contributed by atoms with Crippen LogP contribution in [0.4, 0.5) is 5.69 Å². The van der Waals surface area contributed by atoms with Crippen molar-refractivity contribution in [1.82, 2.24) is 10.2 Å². The molecule has 2 aromatic carbocycles. The fourth-order valence-corrected chi connectivity index (χ4v) is 4.02. The molecule has 0 spiro atoms. The first-order chi connectivity index (χ1) is 15.1. The lowest BCUT2D eigenvalue weighted by atomic mass is 10.1. The lowest BCUT2D eigenvalue weighted by molar-refractivity contribution is -0.139. The van der Waals surface area contributed by atoms with Crippen molar-refractivity contribution < 1.29 is 22.7 Å². The van der Waals surface area contributed by atoms with Gasteiger partial charge in [-0.15, -0.1) is 0 Å². The molecule has 0 bridgehead atoms. The van der Waals surface area contributed by atoms with Crippen molar-refractivity contribution in [1.29, 1.82) is 0 Å². The van der Waals surface area contributed by atoms with Gasteiger partial charge in [-0.1, -0.05) is 29.8 Å². The molecule has 0 radical (unpaired) electrons. The summed E-state index contributed by atoms with van der Waals surface area (Å²) in [6.07, 6.45) is 1.04. The number of nitrogens with zero attached hydrogens (tertiary/aromatic N) is 2. The van der Waals surface area contributed by atoms with Crippen molar-refractivity contribution >= 4 is 27.5 Å². The molecule has 0 fully saturated rings. The second-order valence-electron chi connectivity index (χ2n) is 7.49. The first kappa shape index (κ1) is 25.2. The van der Waals surface area contributed by atoms with Gasteiger partial charge in [-0.25, -0.2) is 8.42 Å². The minimum Gasteiger partial charge on any atom is -0.494 e. The van der Waals surface area contributed by atoms with Gasteiger partial charge in [0.05, 0.1) is 18.6 Å². The van der Waals surface area contributed by atoms with Crippen LogP contribution in [0.15, 0.2) is 48.5 Å². The smallest absolute Gasteiger partial charge is 0.244 e. The second-order valence-corrected chi connectivity index (χ2v) is 9.40. The lowest BCUT2D eigenvalue weighted by Gasteiger charge is -2.31. The number of ether oxygens (including phenoxy) is 1. The molecular weight excluding hydrogens is 430 g/mol. The third-order valence-corrected chi connectivity index (χ3v) is 6.14. The van der Waals surface area contributed by atoms with E-state index in [1.807, 2.05) is 38.1 Å². The highest BCUT2D eigenvalue weighted by Crippen LogP contribution is 2.22. The number of aryl methyl sites for hydroxylation is 1. The Balaban J connectivity index is 2.34. The average molecular weight is 462 g/mol. The molecule has 0 saturated heterocycles. The normalized spacial score (nSPS) is 12.0. The minimum absolute atomic E-state index is 0.175. The lowest BCUT2D eigenvalue weighted by Crippen LogP contribution is -2.50. The number of amides is 2. The van der Waals surface area contributed by atoms with Gasteiger partial charge in [-0.2, -0.15) is 0 Å². The molecule has 9 heteroatoms. The van der Waals surface area contributed by atoms with Crippen LogP contribution >= 0.6 is 0 Å². The van der Waals surface area contributed by atoms with Gasteiger partial charge in [0.1, 0.15) is 18.3 Å². The summed E-state index contributed by atoms with van der Waals surface area (Å²) < 4.78 is 31.4. The number of benzene rings is 2. The summed E-state index contributed by atoms with van der Waals surface area (Å²) in [5.41, 5.74) is 2.25. The fraction of sp³-hybridized carbons (Fsp3) is 0.391. The topological polar surface area (TPSA) is 96.0 Å². The van der Waals surface area contributed by atoms with Crippen LogP contribution in [0.2, 0.25) is 0 Å². The zero-order chi connectivity index (χ0) is 23.9. The number of likely N-dealkylation sites (N-methyl/N-ethyl adjacent to an activating group) is 1. The van der Waals surface area contributed by atoms with Crippen LogP contribution in [0.3, 0.4) is 0 Å². The number of carbonyl (C=O) groups is 2. The monoisotopic (exact) mass is 461 g/mol. The fourth-order valence-electron chi connectivity index (χ4n) is 3.17. The molecular formula is C23H31N3O5S. The van der Waals surface area contributed by atoms with E-state index < -0.39 is 28.5 Å². The van der Waals surface area contributed by atoms with E-state index >= 15 is 0 Å². The van der Waals surface area contributed by atoms with Crippen LogP contribution in [-0.2, 0) is 26.2 Å². The highest BCUT2D eigenvalue weighted by atomic mass is 32.2. The third kappa shape index (κ3) is 6.71. The molecule has 1 atom stereocenters. The SMILES string of the molecule is CCOc1ccc(N(CC(=O)N(Cc2ccc(C)cc2)C(C)C(=O)NC)S(C)(=O)=O)cc1. The molecule has 8 nitrogen and oxygen atoms in total. The van der Waals surface area contributed by atoms with Gasteiger partial charge < -0.3 is 15.0 Å². The van der Waals surface area contributed by atoms with Crippen molar-refractivity contribution in [3.63, 3.8) is 0 Å². The van der Waals surface area contributed by atoms with Crippen LogP contribution in [0.25, 0.3) is 0 Å². The summed E-state index contributed by atoms with van der Waals surface area (Å²) in [6.45, 7) is 5.66. The van der Waals surface area contributed by atoms with Gasteiger partial charge in [-0.3, -0.25) is 13.9 Å². The summed E-state index contributed by atoms with van der Waals surface area (Å²) in [4.78, 5) is 27.0. The van der Waals surface area contributed by atoms with Gasteiger partial charge in [0.25, 0.3) is 0 Å². The van der Waals surface area contributed by atoms with Gasteiger partial charge >= 0.3 is 0 Å². The van der Waals surface area contributed by atoms with E-state index in [-0.39, 0.29) is 12.5 Å². The number of hydrogen-bond acceptors (Lipinski definition) is 5. The maximum atomic E-state index is 13.3. The van der Waals surface area contributed by atoms with Crippen molar-refractivity contribution in [3.05, 3.63) is 59.7 Å². The molecule has 0 aliphatic carbocycles. The van der Waals surface area contributed by atoms with Crippen LogP contribution in [0.5, 0.6) is 5.75 Å². The van der Waals surface area contributed by atoms with E-state index in [1.165, 1.54) is 11.9 Å². The number of anilines is 1. The Morgan fingerprint density at radius 1 is 1.06 bits per heavy atom. The van der Waals surface area contributed by atoms with E-state index in [9.17, 15) is 18.0 Å². The molecule has 32 heavy (non-hydrogen) atoms. The van der Waals surface area contributed by atoms with E-state index in [4.69, 9.17) is 4.74 Å². The minimum atomic E-state index is -3.76. The predicted molar refractivity (Wildman–Crippen MR) is 125 cm³/mol. The van der Waals surface area contributed by atoms with Gasteiger partial charge in [0, 0.05) is 13.6 Å². The van der Waals surface area contributed by atoms with Crippen LogP contribution in [0, 0.1) is 6.92 Å². The molecule has 0 saturated carbocycles. The Hall–Kier alpha value is -3.07. The van der Waals surface area contributed by atoms with E-state index in [0.717, 1.165) is 21.7 Å². The van der Waals surface area contributed by atoms with Crippen LogP contribution in [-0.4, -0.2) is 57.6 Å². The average Bonchev–Trinajstić information content (AvgIpc) is 2.76.